The SMILES string of the molecule is CN=C(NCCCOCC1CCOC1)NCc1ccc(N2CCOC(C)C2)nc1. The number of nitrogens with zero attached hydrogens (tertiary/aromatic N) is 3. The van der Waals surface area contributed by atoms with Gasteiger partial charge in [0.25, 0.3) is 0 Å². The number of nitrogens with one attached hydrogen (secondary N) is 2. The van der Waals surface area contributed by atoms with Gasteiger partial charge >= 0.3 is 0 Å². The maximum Gasteiger partial charge on any atom is 0.191 e. The summed E-state index contributed by atoms with van der Waals surface area (Å²) in [6.07, 6.45) is 4.25. The largest absolute Gasteiger partial charge is 0.381 e. The van der Waals surface area contributed by atoms with Crippen molar-refractivity contribution in [1.82, 2.24) is 15.6 Å². The average Bonchev–Trinajstić information content (AvgIpc) is 3.26. The number of hydrogen-bond donors (Lipinski definition) is 2. The zero-order chi connectivity index (χ0) is 20.3. The maximum atomic E-state index is 5.73. The van der Waals surface area contributed by atoms with Gasteiger partial charge in [-0.15, -0.1) is 0 Å². The van der Waals surface area contributed by atoms with E-state index in [9.17, 15) is 0 Å². The molecule has 162 valence electrons. The van der Waals surface area contributed by atoms with Gasteiger partial charge in [-0.05, 0) is 31.4 Å². The molecule has 8 nitrogen and oxygen atoms in total. The molecule has 2 aliphatic rings. The topological polar surface area (TPSA) is 80.2 Å². The molecule has 0 saturated carbocycles. The van der Waals surface area contributed by atoms with Gasteiger partial charge in [-0.1, -0.05) is 6.07 Å². The van der Waals surface area contributed by atoms with Crippen molar-refractivity contribution < 1.29 is 14.2 Å². The van der Waals surface area contributed by atoms with Crippen molar-refractivity contribution in [2.75, 3.05) is 64.6 Å². The fraction of sp³-hybridized carbons (Fsp3) is 0.714. The van der Waals surface area contributed by atoms with Crippen LogP contribution in [0.2, 0.25) is 0 Å². The van der Waals surface area contributed by atoms with Crippen molar-refractivity contribution in [3.8, 4) is 0 Å². The lowest BCUT2D eigenvalue weighted by molar-refractivity contribution is 0.0529. The number of aromatic nitrogens is 1. The number of ether oxygens (including phenoxy) is 3. The third kappa shape index (κ3) is 7.45. The summed E-state index contributed by atoms with van der Waals surface area (Å²) < 4.78 is 16.7. The number of guanidine groups is 1. The van der Waals surface area contributed by atoms with Crippen molar-refractivity contribution in [3.63, 3.8) is 0 Å². The summed E-state index contributed by atoms with van der Waals surface area (Å²) >= 11 is 0. The Morgan fingerprint density at radius 2 is 2.28 bits per heavy atom. The first-order valence-electron chi connectivity index (χ1n) is 10.7. The van der Waals surface area contributed by atoms with Crippen LogP contribution in [0.3, 0.4) is 0 Å². The fourth-order valence-corrected chi connectivity index (χ4v) is 3.49. The van der Waals surface area contributed by atoms with E-state index in [4.69, 9.17) is 14.2 Å². The van der Waals surface area contributed by atoms with E-state index in [2.05, 4.69) is 44.6 Å². The third-order valence-corrected chi connectivity index (χ3v) is 5.19. The van der Waals surface area contributed by atoms with Crippen LogP contribution in [0.5, 0.6) is 0 Å². The molecule has 2 N–H and O–H groups in total. The van der Waals surface area contributed by atoms with Gasteiger partial charge < -0.3 is 29.7 Å². The Labute approximate surface area is 174 Å². The predicted molar refractivity (Wildman–Crippen MR) is 114 cm³/mol. The molecule has 2 fully saturated rings. The van der Waals surface area contributed by atoms with Gasteiger partial charge in [-0.25, -0.2) is 4.98 Å². The smallest absolute Gasteiger partial charge is 0.191 e. The Balaban J connectivity index is 1.30. The van der Waals surface area contributed by atoms with E-state index in [1.165, 1.54) is 0 Å². The summed E-state index contributed by atoms with van der Waals surface area (Å²) in [7, 11) is 1.78. The van der Waals surface area contributed by atoms with Crippen LogP contribution >= 0.6 is 0 Å². The summed E-state index contributed by atoms with van der Waals surface area (Å²) in [4.78, 5) is 11.2. The predicted octanol–water partition coefficient (Wildman–Crippen LogP) is 1.41. The lowest BCUT2D eigenvalue weighted by atomic mass is 10.1. The van der Waals surface area contributed by atoms with E-state index in [-0.39, 0.29) is 6.10 Å². The molecular formula is C21H35N5O3. The molecule has 3 rings (SSSR count). The van der Waals surface area contributed by atoms with Crippen LogP contribution < -0.4 is 15.5 Å². The van der Waals surface area contributed by atoms with Crippen molar-refractivity contribution in [2.24, 2.45) is 10.9 Å². The Bertz CT molecular complexity index is 619. The van der Waals surface area contributed by atoms with Gasteiger partial charge in [0.05, 0.1) is 25.9 Å². The first-order valence-corrected chi connectivity index (χ1v) is 10.7. The summed E-state index contributed by atoms with van der Waals surface area (Å²) in [6.45, 7) is 9.43. The molecule has 2 atom stereocenters. The highest BCUT2D eigenvalue weighted by Crippen LogP contribution is 2.15. The minimum absolute atomic E-state index is 0.253. The second-order valence-electron chi connectivity index (χ2n) is 7.66. The summed E-state index contributed by atoms with van der Waals surface area (Å²) in [5.41, 5.74) is 1.13. The zero-order valence-electron chi connectivity index (χ0n) is 17.7. The first kappa shape index (κ1) is 21.8. The van der Waals surface area contributed by atoms with Gasteiger partial charge in [-0.2, -0.15) is 0 Å². The molecule has 1 aromatic rings. The van der Waals surface area contributed by atoms with Crippen molar-refractivity contribution in [1.29, 1.82) is 0 Å². The highest BCUT2D eigenvalue weighted by atomic mass is 16.5. The number of hydrogen-bond acceptors (Lipinski definition) is 6. The van der Waals surface area contributed by atoms with Crippen LogP contribution in [0.25, 0.3) is 0 Å². The Hall–Kier alpha value is -1.90. The normalized spacial score (nSPS) is 22.7. The number of anilines is 1. The minimum Gasteiger partial charge on any atom is -0.381 e. The van der Waals surface area contributed by atoms with Gasteiger partial charge in [0.2, 0.25) is 0 Å². The molecule has 0 aliphatic carbocycles. The monoisotopic (exact) mass is 405 g/mol. The van der Waals surface area contributed by atoms with Crippen molar-refractivity contribution >= 4 is 11.8 Å². The molecule has 0 radical (unpaired) electrons. The average molecular weight is 406 g/mol. The lowest BCUT2D eigenvalue weighted by Crippen LogP contribution is -2.41. The standard InChI is InChI=1S/C21H35N5O3/c1-17-14-26(8-11-29-17)20-5-4-18(12-24-20)13-25-21(22-2)23-7-3-9-27-15-19-6-10-28-16-19/h4-5,12,17,19H,3,6-11,13-16H2,1-2H3,(H2,22,23,25). The second-order valence-corrected chi connectivity index (χ2v) is 7.66. The van der Waals surface area contributed by atoms with Crippen LogP contribution in [0, 0.1) is 5.92 Å². The van der Waals surface area contributed by atoms with E-state index in [0.717, 1.165) is 82.9 Å². The van der Waals surface area contributed by atoms with E-state index >= 15 is 0 Å². The summed E-state index contributed by atoms with van der Waals surface area (Å²) in [5, 5.41) is 6.66. The second kappa shape index (κ2) is 11.9. The van der Waals surface area contributed by atoms with Crippen molar-refractivity contribution in [2.45, 2.75) is 32.4 Å². The maximum absolute atomic E-state index is 5.73. The van der Waals surface area contributed by atoms with Gasteiger partial charge in [-0.3, -0.25) is 4.99 Å². The Morgan fingerprint density at radius 1 is 1.34 bits per heavy atom. The number of rotatable bonds is 9. The molecule has 1 aromatic heterocycles. The lowest BCUT2D eigenvalue weighted by Gasteiger charge is -2.32. The van der Waals surface area contributed by atoms with E-state index in [1.54, 1.807) is 7.05 Å². The molecule has 3 heterocycles. The van der Waals surface area contributed by atoms with E-state index in [0.29, 0.717) is 12.5 Å². The molecule has 8 heteroatoms. The number of morpholine rings is 1. The van der Waals surface area contributed by atoms with Crippen molar-refractivity contribution in [3.05, 3.63) is 23.9 Å². The zero-order valence-corrected chi connectivity index (χ0v) is 17.7. The summed E-state index contributed by atoms with van der Waals surface area (Å²) in [6, 6.07) is 4.20. The Kier molecular flexibility index (Phi) is 8.98. The van der Waals surface area contributed by atoms with E-state index < -0.39 is 0 Å². The van der Waals surface area contributed by atoms with Crippen LogP contribution in [-0.4, -0.2) is 76.8 Å². The quantitative estimate of drug-likeness (QED) is 0.365. The number of pyridine rings is 1. The molecule has 0 aromatic carbocycles. The number of aliphatic imine (C=N–C) groups is 1. The first-order chi connectivity index (χ1) is 14.2. The summed E-state index contributed by atoms with van der Waals surface area (Å²) in [5.74, 6) is 2.37. The highest BCUT2D eigenvalue weighted by Gasteiger charge is 2.17. The molecule has 2 aliphatic heterocycles. The van der Waals surface area contributed by atoms with Crippen LogP contribution in [0.15, 0.2) is 23.3 Å². The molecule has 2 saturated heterocycles. The molecule has 2 unspecified atom stereocenters. The minimum atomic E-state index is 0.253. The van der Waals surface area contributed by atoms with E-state index in [1.807, 2.05) is 6.20 Å². The van der Waals surface area contributed by atoms with Gasteiger partial charge in [0.1, 0.15) is 5.82 Å². The van der Waals surface area contributed by atoms with Crippen LogP contribution in [0.4, 0.5) is 5.82 Å². The van der Waals surface area contributed by atoms with Crippen LogP contribution in [-0.2, 0) is 20.8 Å². The van der Waals surface area contributed by atoms with Gasteiger partial charge in [0.15, 0.2) is 5.96 Å². The highest BCUT2D eigenvalue weighted by molar-refractivity contribution is 5.79. The third-order valence-electron chi connectivity index (χ3n) is 5.19. The molecule has 0 spiro atoms. The molecule has 29 heavy (non-hydrogen) atoms. The molecule has 0 bridgehead atoms. The Morgan fingerprint density at radius 3 is 3.00 bits per heavy atom. The van der Waals surface area contributed by atoms with Crippen LogP contribution in [0.1, 0.15) is 25.3 Å². The molecular weight excluding hydrogens is 370 g/mol. The fourth-order valence-electron chi connectivity index (χ4n) is 3.49. The molecule has 0 amide bonds. The van der Waals surface area contributed by atoms with Gasteiger partial charge in [0, 0.05) is 58.6 Å².